The Hall–Kier alpha value is -3.31. The standard InChI is InChI=1S/C20H13ClN2O3/c21-14-7-4-8-15(11-14)22-20(24)25-16-9-10-17-18(12-16)26-19(23-17)13-5-2-1-3-6-13/h1-12H,(H,22,24). The molecule has 0 fully saturated rings. The maximum absolute atomic E-state index is 12.0. The van der Waals surface area contributed by atoms with Gasteiger partial charge in [-0.15, -0.1) is 0 Å². The predicted octanol–water partition coefficient (Wildman–Crippen LogP) is 5.76. The number of nitrogens with zero attached hydrogens (tertiary/aromatic N) is 1. The lowest BCUT2D eigenvalue weighted by molar-refractivity contribution is 0.215. The molecule has 0 radical (unpaired) electrons. The number of ether oxygens (including phenoxy) is 1. The average molecular weight is 365 g/mol. The summed E-state index contributed by atoms with van der Waals surface area (Å²) in [5.41, 5.74) is 2.66. The number of nitrogens with one attached hydrogen (secondary N) is 1. The molecule has 0 saturated carbocycles. The van der Waals surface area contributed by atoms with E-state index in [0.717, 1.165) is 5.56 Å². The summed E-state index contributed by atoms with van der Waals surface area (Å²) in [6.07, 6.45) is -0.616. The monoisotopic (exact) mass is 364 g/mol. The van der Waals surface area contributed by atoms with Crippen LogP contribution in [-0.2, 0) is 0 Å². The van der Waals surface area contributed by atoms with Crippen molar-refractivity contribution in [1.82, 2.24) is 4.98 Å². The van der Waals surface area contributed by atoms with Crippen molar-refractivity contribution in [2.24, 2.45) is 0 Å². The van der Waals surface area contributed by atoms with Crippen molar-refractivity contribution in [2.75, 3.05) is 5.32 Å². The van der Waals surface area contributed by atoms with Gasteiger partial charge in [-0.1, -0.05) is 35.9 Å². The number of carbonyl (C=O) groups excluding carboxylic acids is 1. The summed E-state index contributed by atoms with van der Waals surface area (Å²) < 4.78 is 11.1. The van der Waals surface area contributed by atoms with Gasteiger partial charge in [0.05, 0.1) is 0 Å². The van der Waals surface area contributed by atoms with E-state index in [1.807, 2.05) is 30.3 Å². The molecular weight excluding hydrogens is 352 g/mol. The van der Waals surface area contributed by atoms with Crippen molar-refractivity contribution in [3.8, 4) is 17.2 Å². The van der Waals surface area contributed by atoms with E-state index in [1.54, 1.807) is 42.5 Å². The molecule has 0 aliphatic carbocycles. The Morgan fingerprint density at radius 2 is 1.85 bits per heavy atom. The third-order valence-corrected chi connectivity index (χ3v) is 3.90. The van der Waals surface area contributed by atoms with Gasteiger partial charge in [-0.25, -0.2) is 9.78 Å². The highest BCUT2D eigenvalue weighted by Crippen LogP contribution is 2.27. The van der Waals surface area contributed by atoms with Crippen LogP contribution in [-0.4, -0.2) is 11.1 Å². The van der Waals surface area contributed by atoms with Crippen molar-refractivity contribution in [3.63, 3.8) is 0 Å². The van der Waals surface area contributed by atoms with E-state index >= 15 is 0 Å². The van der Waals surface area contributed by atoms with Crippen LogP contribution in [0.2, 0.25) is 5.02 Å². The van der Waals surface area contributed by atoms with Crippen LogP contribution in [0.3, 0.4) is 0 Å². The second-order valence-corrected chi connectivity index (χ2v) is 5.98. The van der Waals surface area contributed by atoms with Crippen molar-refractivity contribution in [1.29, 1.82) is 0 Å². The van der Waals surface area contributed by atoms with Crippen LogP contribution < -0.4 is 10.1 Å². The molecule has 4 aromatic rings. The van der Waals surface area contributed by atoms with Crippen molar-refractivity contribution in [2.45, 2.75) is 0 Å². The molecule has 6 heteroatoms. The van der Waals surface area contributed by atoms with Gasteiger partial charge in [0.2, 0.25) is 5.89 Å². The number of hydrogen-bond acceptors (Lipinski definition) is 4. The zero-order valence-electron chi connectivity index (χ0n) is 13.5. The molecule has 0 bridgehead atoms. The molecule has 4 rings (SSSR count). The minimum Gasteiger partial charge on any atom is -0.436 e. The highest BCUT2D eigenvalue weighted by atomic mass is 35.5. The zero-order chi connectivity index (χ0) is 17.9. The second kappa shape index (κ2) is 6.90. The number of fused-ring (bicyclic) bond motifs is 1. The first-order valence-electron chi connectivity index (χ1n) is 7.88. The van der Waals surface area contributed by atoms with Crippen molar-refractivity contribution in [3.05, 3.63) is 77.8 Å². The van der Waals surface area contributed by atoms with Crippen LogP contribution >= 0.6 is 11.6 Å². The van der Waals surface area contributed by atoms with Gasteiger partial charge in [0, 0.05) is 22.3 Å². The van der Waals surface area contributed by atoms with Crippen molar-refractivity contribution >= 4 is 34.5 Å². The number of aromatic nitrogens is 1. The van der Waals surface area contributed by atoms with E-state index in [-0.39, 0.29) is 0 Å². The maximum Gasteiger partial charge on any atom is 0.417 e. The second-order valence-electron chi connectivity index (χ2n) is 5.54. The van der Waals surface area contributed by atoms with Crippen LogP contribution in [0.25, 0.3) is 22.6 Å². The third-order valence-electron chi connectivity index (χ3n) is 3.66. The highest BCUT2D eigenvalue weighted by Gasteiger charge is 2.11. The molecule has 0 atom stereocenters. The molecule has 0 aliphatic heterocycles. The molecule has 26 heavy (non-hydrogen) atoms. The number of benzene rings is 3. The highest BCUT2D eigenvalue weighted by molar-refractivity contribution is 6.30. The fourth-order valence-electron chi connectivity index (χ4n) is 2.49. The minimum atomic E-state index is -0.616. The molecule has 0 aliphatic rings. The number of anilines is 1. The van der Waals surface area contributed by atoms with E-state index in [2.05, 4.69) is 10.3 Å². The molecule has 1 amide bonds. The first kappa shape index (κ1) is 16.2. The molecule has 5 nitrogen and oxygen atoms in total. The number of oxazole rings is 1. The molecule has 128 valence electrons. The summed E-state index contributed by atoms with van der Waals surface area (Å²) in [6.45, 7) is 0. The van der Waals surface area contributed by atoms with Crippen LogP contribution in [0.5, 0.6) is 5.75 Å². The lowest BCUT2D eigenvalue weighted by Crippen LogP contribution is -2.16. The van der Waals surface area contributed by atoms with Gasteiger partial charge in [-0.05, 0) is 42.5 Å². The first-order chi connectivity index (χ1) is 12.7. The van der Waals surface area contributed by atoms with Gasteiger partial charge < -0.3 is 9.15 Å². The Morgan fingerprint density at radius 3 is 2.65 bits per heavy atom. The largest absolute Gasteiger partial charge is 0.436 e. The number of rotatable bonds is 3. The van der Waals surface area contributed by atoms with E-state index in [9.17, 15) is 4.79 Å². The summed E-state index contributed by atoms with van der Waals surface area (Å²) in [7, 11) is 0. The number of halogens is 1. The number of amides is 1. The fourth-order valence-corrected chi connectivity index (χ4v) is 2.68. The average Bonchev–Trinajstić information content (AvgIpc) is 3.06. The maximum atomic E-state index is 12.0. The van der Waals surface area contributed by atoms with Crippen LogP contribution in [0.4, 0.5) is 10.5 Å². The normalized spacial score (nSPS) is 10.7. The van der Waals surface area contributed by atoms with Crippen molar-refractivity contribution < 1.29 is 13.9 Å². The molecule has 0 saturated heterocycles. The minimum absolute atomic E-state index is 0.354. The SMILES string of the molecule is O=C(Nc1cccc(Cl)c1)Oc1ccc2nc(-c3ccccc3)oc2c1. The van der Waals surface area contributed by atoms with Gasteiger partial charge in [0.1, 0.15) is 11.3 Å². The number of carbonyl (C=O) groups is 1. The van der Waals surface area contributed by atoms with Crippen LogP contribution in [0.1, 0.15) is 0 Å². The number of hydrogen-bond donors (Lipinski definition) is 1. The van der Waals surface area contributed by atoms with Gasteiger partial charge >= 0.3 is 6.09 Å². The Labute approximate surface area is 154 Å². The summed E-state index contributed by atoms with van der Waals surface area (Å²) in [5, 5.41) is 3.15. The Morgan fingerprint density at radius 1 is 1.00 bits per heavy atom. The summed E-state index contributed by atoms with van der Waals surface area (Å²) in [4.78, 5) is 16.5. The lowest BCUT2D eigenvalue weighted by Gasteiger charge is -2.06. The van der Waals surface area contributed by atoms with Gasteiger partial charge in [0.15, 0.2) is 5.58 Å². The molecule has 1 N–H and O–H groups in total. The quantitative estimate of drug-likeness (QED) is 0.502. The zero-order valence-corrected chi connectivity index (χ0v) is 14.2. The summed E-state index contributed by atoms with van der Waals surface area (Å²) >= 11 is 5.90. The van der Waals surface area contributed by atoms with E-state index in [4.69, 9.17) is 20.8 Å². The van der Waals surface area contributed by atoms with Gasteiger partial charge in [-0.3, -0.25) is 5.32 Å². The molecule has 0 spiro atoms. The van der Waals surface area contributed by atoms with E-state index in [1.165, 1.54) is 0 Å². The topological polar surface area (TPSA) is 64.4 Å². The third kappa shape index (κ3) is 3.53. The first-order valence-corrected chi connectivity index (χ1v) is 8.25. The molecule has 1 heterocycles. The van der Waals surface area contributed by atoms with Gasteiger partial charge in [0.25, 0.3) is 0 Å². The van der Waals surface area contributed by atoms with E-state index < -0.39 is 6.09 Å². The lowest BCUT2D eigenvalue weighted by atomic mass is 10.2. The molecular formula is C20H13ClN2O3. The Bertz CT molecular complexity index is 1080. The molecule has 0 unspecified atom stereocenters. The van der Waals surface area contributed by atoms with Crippen LogP contribution in [0.15, 0.2) is 77.2 Å². The molecule has 1 aromatic heterocycles. The van der Waals surface area contributed by atoms with Gasteiger partial charge in [-0.2, -0.15) is 0 Å². The molecule has 3 aromatic carbocycles. The smallest absolute Gasteiger partial charge is 0.417 e. The Balaban J connectivity index is 1.53. The van der Waals surface area contributed by atoms with Crippen LogP contribution in [0, 0.1) is 0 Å². The predicted molar refractivity (Wildman–Crippen MR) is 101 cm³/mol. The fraction of sp³-hybridized carbons (Fsp3) is 0. The Kier molecular flexibility index (Phi) is 4.29. The van der Waals surface area contributed by atoms with E-state index in [0.29, 0.717) is 33.4 Å². The summed E-state index contributed by atoms with van der Waals surface area (Å²) in [5.74, 6) is 0.869. The summed E-state index contributed by atoms with van der Waals surface area (Å²) in [6, 6.07) is 21.4.